The highest BCUT2D eigenvalue weighted by atomic mass is 16.3. The molecule has 0 aliphatic rings. The normalized spacial score (nSPS) is 10.2. The van der Waals surface area contributed by atoms with Crippen LogP contribution in [0, 0.1) is 13.8 Å². The Hall–Kier alpha value is -2.36. The average Bonchev–Trinajstić information content (AvgIpc) is 2.75. The van der Waals surface area contributed by atoms with Crippen molar-refractivity contribution in [1.29, 1.82) is 0 Å². The van der Waals surface area contributed by atoms with E-state index in [1.54, 1.807) is 44.2 Å². The molecule has 0 saturated heterocycles. The third-order valence-electron chi connectivity index (χ3n) is 2.79. The lowest BCUT2D eigenvalue weighted by atomic mass is 10.1. The number of carbonyl (C=O) groups is 2. The molecule has 0 radical (unpaired) electrons. The van der Waals surface area contributed by atoms with Gasteiger partial charge in [0.25, 0.3) is 5.91 Å². The fourth-order valence-corrected chi connectivity index (χ4v) is 1.84. The molecule has 1 aromatic heterocycles. The zero-order valence-electron chi connectivity index (χ0n) is 10.9. The van der Waals surface area contributed by atoms with Gasteiger partial charge in [0.1, 0.15) is 11.5 Å². The molecule has 1 N–H and O–H groups in total. The number of aryl methyl sites for hydroxylation is 2. The second-order valence-electron chi connectivity index (χ2n) is 4.30. The van der Waals surface area contributed by atoms with Gasteiger partial charge in [-0.25, -0.2) is 0 Å². The Morgan fingerprint density at radius 3 is 2.42 bits per heavy atom. The molecule has 0 bridgehead atoms. The van der Waals surface area contributed by atoms with E-state index in [1.165, 1.54) is 0 Å². The number of amides is 1. The van der Waals surface area contributed by atoms with Crippen LogP contribution in [-0.2, 0) is 0 Å². The molecule has 4 nitrogen and oxygen atoms in total. The van der Waals surface area contributed by atoms with Crippen LogP contribution in [0.15, 0.2) is 40.8 Å². The first-order chi connectivity index (χ1) is 9.08. The fourth-order valence-electron chi connectivity index (χ4n) is 1.84. The number of benzene rings is 1. The fraction of sp³-hybridized carbons (Fsp3) is 0.200. The van der Waals surface area contributed by atoms with Gasteiger partial charge in [0.15, 0.2) is 5.78 Å². The number of hydrogen-bond donors (Lipinski definition) is 1. The van der Waals surface area contributed by atoms with Crippen LogP contribution in [0.5, 0.6) is 0 Å². The molecule has 0 unspecified atom stereocenters. The van der Waals surface area contributed by atoms with Crippen LogP contribution in [0.4, 0.5) is 0 Å². The van der Waals surface area contributed by atoms with Gasteiger partial charge >= 0.3 is 0 Å². The number of hydrogen-bond acceptors (Lipinski definition) is 3. The first kappa shape index (κ1) is 13.1. The summed E-state index contributed by atoms with van der Waals surface area (Å²) in [5.41, 5.74) is 1.06. The minimum atomic E-state index is -0.293. The number of carbonyl (C=O) groups excluding carboxylic acids is 2. The van der Waals surface area contributed by atoms with Crippen molar-refractivity contribution in [3.63, 3.8) is 0 Å². The van der Waals surface area contributed by atoms with Gasteiger partial charge in [0, 0.05) is 5.56 Å². The third-order valence-corrected chi connectivity index (χ3v) is 2.79. The highest BCUT2D eigenvalue weighted by molar-refractivity contribution is 6.02. The molecule has 0 fully saturated rings. The van der Waals surface area contributed by atoms with Gasteiger partial charge in [-0.1, -0.05) is 30.3 Å². The molecule has 98 valence electrons. The first-order valence-electron chi connectivity index (χ1n) is 6.01. The van der Waals surface area contributed by atoms with Crippen LogP contribution in [0.2, 0.25) is 0 Å². The molecule has 0 atom stereocenters. The first-order valence-corrected chi connectivity index (χ1v) is 6.01. The van der Waals surface area contributed by atoms with Crippen molar-refractivity contribution in [2.45, 2.75) is 13.8 Å². The van der Waals surface area contributed by atoms with Crippen molar-refractivity contribution in [1.82, 2.24) is 5.32 Å². The molecule has 1 heterocycles. The predicted molar refractivity (Wildman–Crippen MR) is 71.3 cm³/mol. The van der Waals surface area contributed by atoms with E-state index in [0.717, 1.165) is 0 Å². The summed E-state index contributed by atoms with van der Waals surface area (Å²) >= 11 is 0. The van der Waals surface area contributed by atoms with Gasteiger partial charge < -0.3 is 9.73 Å². The average molecular weight is 257 g/mol. The minimum absolute atomic E-state index is 0.0213. The number of ketones is 1. The van der Waals surface area contributed by atoms with Gasteiger partial charge in [0.05, 0.1) is 12.1 Å². The number of rotatable bonds is 4. The molecular weight excluding hydrogens is 242 g/mol. The van der Waals surface area contributed by atoms with Crippen LogP contribution in [-0.4, -0.2) is 18.2 Å². The summed E-state index contributed by atoms with van der Waals surface area (Å²) in [6, 6.07) is 10.5. The standard InChI is InChI=1S/C15H15NO3/c1-10-8-13(11(2)19-10)15(18)16-9-14(17)12-6-4-3-5-7-12/h3-8H,9H2,1-2H3,(H,16,18). The van der Waals surface area contributed by atoms with Crippen molar-refractivity contribution in [3.05, 3.63) is 59.0 Å². The van der Waals surface area contributed by atoms with E-state index in [4.69, 9.17) is 4.42 Å². The Balaban J connectivity index is 1.98. The van der Waals surface area contributed by atoms with E-state index in [1.807, 2.05) is 6.07 Å². The molecule has 19 heavy (non-hydrogen) atoms. The zero-order valence-corrected chi connectivity index (χ0v) is 10.9. The van der Waals surface area contributed by atoms with Crippen molar-refractivity contribution in [2.75, 3.05) is 6.54 Å². The smallest absolute Gasteiger partial charge is 0.255 e. The summed E-state index contributed by atoms with van der Waals surface area (Å²) in [5, 5.41) is 2.60. The number of furan rings is 1. The lowest BCUT2D eigenvalue weighted by molar-refractivity contribution is 0.0903. The van der Waals surface area contributed by atoms with E-state index in [0.29, 0.717) is 22.6 Å². The van der Waals surface area contributed by atoms with Crippen molar-refractivity contribution < 1.29 is 14.0 Å². The van der Waals surface area contributed by atoms with Gasteiger partial charge in [-0.2, -0.15) is 0 Å². The van der Waals surface area contributed by atoms with E-state index in [9.17, 15) is 9.59 Å². The van der Waals surface area contributed by atoms with E-state index in [2.05, 4.69) is 5.32 Å². The largest absolute Gasteiger partial charge is 0.466 e. The molecule has 0 saturated carbocycles. The summed E-state index contributed by atoms with van der Waals surface area (Å²) in [5.74, 6) is 0.824. The SMILES string of the molecule is Cc1cc(C(=O)NCC(=O)c2ccccc2)c(C)o1. The maximum absolute atomic E-state index is 11.9. The number of nitrogens with one attached hydrogen (secondary N) is 1. The van der Waals surface area contributed by atoms with Gasteiger partial charge in [0.2, 0.25) is 0 Å². The summed E-state index contributed by atoms with van der Waals surface area (Å²) < 4.78 is 5.28. The molecule has 1 amide bonds. The van der Waals surface area contributed by atoms with Gasteiger partial charge in [-0.3, -0.25) is 9.59 Å². The van der Waals surface area contributed by atoms with Crippen molar-refractivity contribution >= 4 is 11.7 Å². The lowest BCUT2D eigenvalue weighted by Crippen LogP contribution is -2.29. The minimum Gasteiger partial charge on any atom is -0.466 e. The summed E-state index contributed by atoms with van der Waals surface area (Å²) in [6.45, 7) is 3.48. The predicted octanol–water partition coefficient (Wildman–Crippen LogP) is 2.51. The monoisotopic (exact) mass is 257 g/mol. The third kappa shape index (κ3) is 3.10. The molecule has 0 aliphatic heterocycles. The molecule has 0 aliphatic carbocycles. The van der Waals surface area contributed by atoms with Crippen molar-refractivity contribution in [3.8, 4) is 0 Å². The van der Waals surface area contributed by atoms with Crippen molar-refractivity contribution in [2.24, 2.45) is 0 Å². The summed E-state index contributed by atoms with van der Waals surface area (Å²) in [6.07, 6.45) is 0. The van der Waals surface area contributed by atoms with E-state index < -0.39 is 0 Å². The highest BCUT2D eigenvalue weighted by Crippen LogP contribution is 2.13. The molecule has 0 spiro atoms. The summed E-state index contributed by atoms with van der Waals surface area (Å²) in [4.78, 5) is 23.7. The second-order valence-corrected chi connectivity index (χ2v) is 4.30. The van der Waals surface area contributed by atoms with Crippen LogP contribution >= 0.6 is 0 Å². The molecule has 4 heteroatoms. The van der Waals surface area contributed by atoms with Crippen LogP contribution in [0.1, 0.15) is 32.2 Å². The Morgan fingerprint density at radius 2 is 1.84 bits per heavy atom. The second kappa shape index (κ2) is 5.52. The Bertz CT molecular complexity index is 599. The Kier molecular flexibility index (Phi) is 3.80. The topological polar surface area (TPSA) is 59.3 Å². The zero-order chi connectivity index (χ0) is 13.8. The summed E-state index contributed by atoms with van der Waals surface area (Å²) in [7, 11) is 0. The molecule has 1 aromatic carbocycles. The number of Topliss-reactive ketones (excluding diaryl/α,β-unsaturated/α-hetero) is 1. The quantitative estimate of drug-likeness (QED) is 0.856. The van der Waals surface area contributed by atoms with Crippen LogP contribution < -0.4 is 5.32 Å². The van der Waals surface area contributed by atoms with Crippen LogP contribution in [0.3, 0.4) is 0 Å². The molecular formula is C15H15NO3. The maximum Gasteiger partial charge on any atom is 0.255 e. The molecule has 2 aromatic rings. The maximum atomic E-state index is 11.9. The lowest BCUT2D eigenvalue weighted by Gasteiger charge is -2.03. The van der Waals surface area contributed by atoms with E-state index >= 15 is 0 Å². The van der Waals surface area contributed by atoms with E-state index in [-0.39, 0.29) is 18.2 Å². The Labute approximate surface area is 111 Å². The van der Waals surface area contributed by atoms with Gasteiger partial charge in [-0.15, -0.1) is 0 Å². The molecule has 2 rings (SSSR count). The highest BCUT2D eigenvalue weighted by Gasteiger charge is 2.14. The van der Waals surface area contributed by atoms with Crippen LogP contribution in [0.25, 0.3) is 0 Å². The Morgan fingerprint density at radius 1 is 1.16 bits per heavy atom. The van der Waals surface area contributed by atoms with Gasteiger partial charge in [-0.05, 0) is 19.9 Å².